The number of hydrogen-bond acceptors (Lipinski definition) is 6. The molecule has 1 unspecified atom stereocenters. The van der Waals surface area contributed by atoms with Gasteiger partial charge in [0.1, 0.15) is 19.3 Å². The molecular weight excluding hydrogens is 400 g/mol. The molecule has 0 saturated heterocycles. The van der Waals surface area contributed by atoms with Crippen LogP contribution < -0.4 is 29.6 Å². The van der Waals surface area contributed by atoms with Gasteiger partial charge in [-0.3, -0.25) is 14.5 Å². The van der Waals surface area contributed by atoms with Crippen molar-refractivity contribution in [3.8, 4) is 23.0 Å². The Morgan fingerprint density at radius 3 is 2.19 bits per heavy atom. The average Bonchev–Trinajstić information content (AvgIpc) is 2.74. The first-order chi connectivity index (χ1) is 14.7. The Bertz CT molecular complexity index is 983. The van der Waals surface area contributed by atoms with Crippen molar-refractivity contribution in [2.75, 3.05) is 32.3 Å². The number of nitrogens with zero attached hydrogens (tertiary/aromatic N) is 1. The second kappa shape index (κ2) is 8.75. The van der Waals surface area contributed by atoms with Crippen molar-refractivity contribution in [1.29, 1.82) is 0 Å². The lowest BCUT2D eigenvalue weighted by atomic mass is 9.84. The Kier molecular flexibility index (Phi) is 6.29. The van der Waals surface area contributed by atoms with Gasteiger partial charge in [-0.25, -0.2) is 0 Å². The molecule has 2 aromatic rings. The first-order valence-electron chi connectivity index (χ1n) is 9.92. The highest BCUT2D eigenvalue weighted by Crippen LogP contribution is 2.38. The molecule has 1 aliphatic heterocycles. The molecule has 166 valence electrons. The third-order valence-electron chi connectivity index (χ3n) is 5.00. The number of nitrogens with two attached hydrogens (primary N) is 1. The minimum atomic E-state index is -0.921. The SMILES string of the molecule is COc1ccc(C(=O)N(c2ccc3c(c2)OCCO3)C(C(N)=O)C(C)(C)C)cc1OC. The molecule has 8 nitrogen and oxygen atoms in total. The molecule has 31 heavy (non-hydrogen) atoms. The third-order valence-corrected chi connectivity index (χ3v) is 5.00. The highest BCUT2D eigenvalue weighted by Gasteiger charge is 2.39. The first kappa shape index (κ1) is 22.3. The summed E-state index contributed by atoms with van der Waals surface area (Å²) in [4.78, 5) is 27.7. The van der Waals surface area contributed by atoms with Gasteiger partial charge in [0.2, 0.25) is 5.91 Å². The second-order valence-electron chi connectivity index (χ2n) is 8.24. The highest BCUT2D eigenvalue weighted by atomic mass is 16.6. The van der Waals surface area contributed by atoms with E-state index >= 15 is 0 Å². The van der Waals surface area contributed by atoms with Crippen LogP contribution in [0.1, 0.15) is 31.1 Å². The highest BCUT2D eigenvalue weighted by molar-refractivity contribution is 6.10. The molecule has 0 radical (unpaired) electrons. The van der Waals surface area contributed by atoms with Crippen molar-refractivity contribution in [2.45, 2.75) is 26.8 Å². The molecule has 2 N–H and O–H groups in total. The van der Waals surface area contributed by atoms with Crippen LogP contribution in [-0.4, -0.2) is 45.3 Å². The molecule has 1 heterocycles. The normalized spacial score (nSPS) is 13.8. The van der Waals surface area contributed by atoms with Gasteiger partial charge in [-0.2, -0.15) is 0 Å². The number of anilines is 1. The number of rotatable bonds is 6. The molecule has 0 aliphatic carbocycles. The van der Waals surface area contributed by atoms with Crippen LogP contribution in [0.25, 0.3) is 0 Å². The van der Waals surface area contributed by atoms with Gasteiger partial charge < -0.3 is 24.7 Å². The van der Waals surface area contributed by atoms with Gasteiger partial charge in [0.15, 0.2) is 23.0 Å². The molecule has 2 aromatic carbocycles. The van der Waals surface area contributed by atoms with Crippen LogP contribution in [0.15, 0.2) is 36.4 Å². The topological polar surface area (TPSA) is 100 Å². The Labute approximate surface area is 181 Å². The molecule has 3 rings (SSSR count). The maximum atomic E-state index is 13.7. The van der Waals surface area contributed by atoms with Crippen LogP contribution in [-0.2, 0) is 4.79 Å². The fourth-order valence-electron chi connectivity index (χ4n) is 3.62. The van der Waals surface area contributed by atoms with Crippen molar-refractivity contribution in [3.05, 3.63) is 42.0 Å². The van der Waals surface area contributed by atoms with Crippen LogP contribution in [0.4, 0.5) is 5.69 Å². The van der Waals surface area contributed by atoms with Crippen molar-refractivity contribution < 1.29 is 28.5 Å². The van der Waals surface area contributed by atoms with Crippen molar-refractivity contribution in [2.24, 2.45) is 11.1 Å². The molecule has 0 aromatic heterocycles. The molecule has 0 fully saturated rings. The largest absolute Gasteiger partial charge is 0.493 e. The lowest BCUT2D eigenvalue weighted by molar-refractivity contribution is -0.121. The summed E-state index contributed by atoms with van der Waals surface area (Å²) in [7, 11) is 3.01. The van der Waals surface area contributed by atoms with E-state index in [2.05, 4.69) is 0 Å². The lowest BCUT2D eigenvalue weighted by Gasteiger charge is -2.38. The number of amides is 2. The maximum Gasteiger partial charge on any atom is 0.259 e. The summed E-state index contributed by atoms with van der Waals surface area (Å²) in [5, 5.41) is 0. The maximum absolute atomic E-state index is 13.7. The van der Waals surface area contributed by atoms with E-state index in [4.69, 9.17) is 24.7 Å². The van der Waals surface area contributed by atoms with Gasteiger partial charge in [0.25, 0.3) is 5.91 Å². The second-order valence-corrected chi connectivity index (χ2v) is 8.24. The number of hydrogen-bond donors (Lipinski definition) is 1. The average molecular weight is 428 g/mol. The third kappa shape index (κ3) is 4.52. The van der Waals surface area contributed by atoms with Gasteiger partial charge in [-0.05, 0) is 35.7 Å². The summed E-state index contributed by atoms with van der Waals surface area (Å²) in [6.45, 7) is 6.42. The summed E-state index contributed by atoms with van der Waals surface area (Å²) < 4.78 is 21.9. The van der Waals surface area contributed by atoms with Gasteiger partial charge in [-0.15, -0.1) is 0 Å². The zero-order valence-electron chi connectivity index (χ0n) is 18.4. The number of benzene rings is 2. The van der Waals surface area contributed by atoms with E-state index in [1.165, 1.54) is 19.1 Å². The fourth-order valence-corrected chi connectivity index (χ4v) is 3.62. The summed E-state index contributed by atoms with van der Waals surface area (Å²) in [6.07, 6.45) is 0. The van der Waals surface area contributed by atoms with Crippen molar-refractivity contribution >= 4 is 17.5 Å². The Morgan fingerprint density at radius 1 is 0.968 bits per heavy atom. The van der Waals surface area contributed by atoms with Crippen LogP contribution in [0.5, 0.6) is 23.0 Å². The number of ether oxygens (including phenoxy) is 4. The Morgan fingerprint density at radius 2 is 1.61 bits per heavy atom. The van der Waals surface area contributed by atoms with Crippen LogP contribution in [0.2, 0.25) is 0 Å². The van der Waals surface area contributed by atoms with E-state index < -0.39 is 23.3 Å². The predicted octanol–water partition coefficient (Wildman–Crippen LogP) is 3.02. The monoisotopic (exact) mass is 428 g/mol. The quantitative estimate of drug-likeness (QED) is 0.759. The summed E-state index contributed by atoms with van der Waals surface area (Å²) in [5.74, 6) is 0.965. The zero-order chi connectivity index (χ0) is 22.8. The first-order valence-corrected chi connectivity index (χ1v) is 9.92. The van der Waals surface area contributed by atoms with Gasteiger partial charge in [0, 0.05) is 17.3 Å². The van der Waals surface area contributed by atoms with Gasteiger partial charge in [-0.1, -0.05) is 20.8 Å². The summed E-state index contributed by atoms with van der Waals surface area (Å²) in [5.41, 5.74) is 5.95. The zero-order valence-corrected chi connectivity index (χ0v) is 18.4. The van der Waals surface area contributed by atoms with Gasteiger partial charge >= 0.3 is 0 Å². The fraction of sp³-hybridized carbons (Fsp3) is 0.391. The smallest absolute Gasteiger partial charge is 0.259 e. The molecule has 0 saturated carbocycles. The van der Waals surface area contributed by atoms with Crippen molar-refractivity contribution in [1.82, 2.24) is 0 Å². The van der Waals surface area contributed by atoms with Crippen LogP contribution in [0.3, 0.4) is 0 Å². The summed E-state index contributed by atoms with van der Waals surface area (Å²) >= 11 is 0. The number of carbonyl (C=O) groups is 2. The van der Waals surface area contributed by atoms with Crippen molar-refractivity contribution in [3.63, 3.8) is 0 Å². The van der Waals surface area contributed by atoms with E-state index in [0.29, 0.717) is 47.5 Å². The van der Waals surface area contributed by atoms with E-state index in [-0.39, 0.29) is 0 Å². The number of carbonyl (C=O) groups excluding carboxylic acids is 2. The molecule has 0 spiro atoms. The molecule has 0 bridgehead atoms. The number of primary amides is 1. The number of fused-ring (bicyclic) bond motifs is 1. The van der Waals surface area contributed by atoms with E-state index in [1.54, 1.807) is 36.4 Å². The van der Waals surface area contributed by atoms with Gasteiger partial charge in [0.05, 0.1) is 14.2 Å². The molecule has 1 aliphatic rings. The minimum Gasteiger partial charge on any atom is -0.493 e. The van der Waals surface area contributed by atoms with Crippen LogP contribution >= 0.6 is 0 Å². The molecule has 8 heteroatoms. The van der Waals surface area contributed by atoms with E-state index in [0.717, 1.165) is 0 Å². The number of methoxy groups -OCH3 is 2. The predicted molar refractivity (Wildman–Crippen MR) is 116 cm³/mol. The van der Waals surface area contributed by atoms with E-state index in [9.17, 15) is 9.59 Å². The Balaban J connectivity index is 2.14. The molecule has 1 atom stereocenters. The standard InChI is InChI=1S/C23H28N2O6/c1-23(2,3)20(21(24)26)25(15-7-9-17-19(13-15)31-11-10-30-17)22(27)14-6-8-16(28-4)18(12-14)29-5/h6-9,12-13,20H,10-11H2,1-5H3,(H2,24,26). The molecular formula is C23H28N2O6. The lowest BCUT2D eigenvalue weighted by Crippen LogP contribution is -2.55. The van der Waals surface area contributed by atoms with E-state index in [1.807, 2.05) is 20.8 Å². The van der Waals surface area contributed by atoms with Crippen LogP contribution in [0, 0.1) is 5.41 Å². The minimum absolute atomic E-state index is 0.322. The summed E-state index contributed by atoms with van der Waals surface area (Å²) in [6, 6.07) is 9.05. The Hall–Kier alpha value is -3.42. The molecule has 2 amide bonds.